The van der Waals surface area contributed by atoms with Gasteiger partial charge in [0.1, 0.15) is 0 Å². The van der Waals surface area contributed by atoms with E-state index in [0.717, 1.165) is 21.2 Å². The third-order valence-electron chi connectivity index (χ3n) is 3.90. The van der Waals surface area contributed by atoms with Gasteiger partial charge in [-0.25, -0.2) is 4.79 Å². The minimum absolute atomic E-state index is 0.210. The summed E-state index contributed by atoms with van der Waals surface area (Å²) in [7, 11) is 0. The topological polar surface area (TPSA) is 41.1 Å². The third-order valence-corrected chi connectivity index (χ3v) is 4.43. The lowest BCUT2D eigenvalue weighted by atomic mass is 9.99. The van der Waals surface area contributed by atoms with Crippen LogP contribution in [0.5, 0.6) is 0 Å². The fourth-order valence-electron chi connectivity index (χ4n) is 2.61. The van der Waals surface area contributed by atoms with Crippen molar-refractivity contribution in [1.82, 2.24) is 10.6 Å². The molecule has 0 aliphatic carbocycles. The average molecular weight is 407 g/mol. The number of benzene rings is 3. The highest BCUT2D eigenvalue weighted by atomic mass is 79.9. The normalized spacial score (nSPS) is 10.8. The SMILES string of the molecule is O=C(N/C=C/c1ccc(Br)cc1)NC(c1ccccc1)c1ccccc1. The van der Waals surface area contributed by atoms with Crippen LogP contribution >= 0.6 is 15.9 Å². The number of urea groups is 1. The van der Waals surface area contributed by atoms with Crippen molar-refractivity contribution in [1.29, 1.82) is 0 Å². The van der Waals surface area contributed by atoms with Gasteiger partial charge in [-0.2, -0.15) is 0 Å². The summed E-state index contributed by atoms with van der Waals surface area (Å²) in [6, 6.07) is 27.2. The second-order valence-electron chi connectivity index (χ2n) is 5.76. The van der Waals surface area contributed by atoms with E-state index in [9.17, 15) is 4.79 Å². The maximum Gasteiger partial charge on any atom is 0.319 e. The molecule has 0 aliphatic heterocycles. The highest BCUT2D eigenvalue weighted by Crippen LogP contribution is 2.21. The van der Waals surface area contributed by atoms with Crippen LogP contribution in [-0.4, -0.2) is 6.03 Å². The number of hydrogen-bond donors (Lipinski definition) is 2. The molecule has 0 atom stereocenters. The first-order chi connectivity index (χ1) is 12.7. The van der Waals surface area contributed by atoms with Gasteiger partial charge in [-0.05, 0) is 34.9 Å². The Labute approximate surface area is 161 Å². The summed E-state index contributed by atoms with van der Waals surface area (Å²) in [6.07, 6.45) is 3.50. The van der Waals surface area contributed by atoms with Crippen LogP contribution in [0.2, 0.25) is 0 Å². The smallest absolute Gasteiger partial charge is 0.319 e. The Hall–Kier alpha value is -2.85. The minimum Gasteiger partial charge on any atom is -0.327 e. The predicted octanol–water partition coefficient (Wildman–Crippen LogP) is 5.51. The van der Waals surface area contributed by atoms with E-state index in [1.807, 2.05) is 91.0 Å². The van der Waals surface area contributed by atoms with Crippen LogP contribution < -0.4 is 10.6 Å². The number of hydrogen-bond acceptors (Lipinski definition) is 1. The number of rotatable bonds is 5. The monoisotopic (exact) mass is 406 g/mol. The zero-order valence-corrected chi connectivity index (χ0v) is 15.7. The Balaban J connectivity index is 1.68. The second-order valence-corrected chi connectivity index (χ2v) is 6.67. The first-order valence-corrected chi connectivity index (χ1v) is 9.11. The van der Waals surface area contributed by atoms with E-state index in [1.165, 1.54) is 0 Å². The van der Waals surface area contributed by atoms with Gasteiger partial charge in [0.15, 0.2) is 0 Å². The van der Waals surface area contributed by atoms with Gasteiger partial charge in [0, 0.05) is 10.7 Å². The molecule has 3 aromatic rings. The van der Waals surface area contributed by atoms with Crippen molar-refractivity contribution in [2.24, 2.45) is 0 Å². The van der Waals surface area contributed by atoms with Gasteiger partial charge in [-0.3, -0.25) is 0 Å². The molecule has 0 saturated carbocycles. The molecule has 0 saturated heterocycles. The Morgan fingerprint density at radius 2 is 1.35 bits per heavy atom. The first kappa shape index (κ1) is 18.0. The van der Waals surface area contributed by atoms with Crippen LogP contribution in [0, 0.1) is 0 Å². The molecule has 3 nitrogen and oxygen atoms in total. The standard InChI is InChI=1S/C22H19BrN2O/c23-20-13-11-17(12-14-20)15-16-24-22(26)25-21(18-7-3-1-4-8-18)19-9-5-2-6-10-19/h1-16,21H,(H2,24,25,26)/b16-15+. The molecule has 0 unspecified atom stereocenters. The van der Waals surface area contributed by atoms with Crippen LogP contribution in [0.25, 0.3) is 6.08 Å². The van der Waals surface area contributed by atoms with Crippen LogP contribution in [0.15, 0.2) is 95.6 Å². The molecular formula is C22H19BrN2O. The Kier molecular flexibility index (Phi) is 6.23. The summed E-state index contributed by atoms with van der Waals surface area (Å²) in [4.78, 5) is 12.4. The molecule has 26 heavy (non-hydrogen) atoms. The largest absolute Gasteiger partial charge is 0.327 e. The average Bonchev–Trinajstić information content (AvgIpc) is 2.69. The first-order valence-electron chi connectivity index (χ1n) is 8.31. The molecule has 2 N–H and O–H groups in total. The number of carbonyl (C=O) groups excluding carboxylic acids is 1. The number of carbonyl (C=O) groups is 1. The lowest BCUT2D eigenvalue weighted by Crippen LogP contribution is -2.35. The van der Waals surface area contributed by atoms with E-state index in [2.05, 4.69) is 26.6 Å². The summed E-state index contributed by atoms with van der Waals surface area (Å²) in [5.74, 6) is 0. The fourth-order valence-corrected chi connectivity index (χ4v) is 2.87. The van der Waals surface area contributed by atoms with Crippen molar-refractivity contribution in [3.63, 3.8) is 0 Å². The molecule has 4 heteroatoms. The van der Waals surface area contributed by atoms with Gasteiger partial charge in [0.2, 0.25) is 0 Å². The minimum atomic E-state index is -0.254. The molecule has 0 aromatic heterocycles. The van der Waals surface area contributed by atoms with Crippen molar-refractivity contribution in [3.05, 3.63) is 112 Å². The molecule has 0 heterocycles. The van der Waals surface area contributed by atoms with Gasteiger partial charge >= 0.3 is 6.03 Å². The highest BCUT2D eigenvalue weighted by Gasteiger charge is 2.15. The zero-order chi connectivity index (χ0) is 18.2. The van der Waals surface area contributed by atoms with Crippen molar-refractivity contribution in [2.45, 2.75) is 6.04 Å². The van der Waals surface area contributed by atoms with Crippen molar-refractivity contribution in [3.8, 4) is 0 Å². The molecule has 0 aliphatic rings. The van der Waals surface area contributed by atoms with Gasteiger partial charge in [0.05, 0.1) is 6.04 Å². The molecule has 0 fully saturated rings. The van der Waals surface area contributed by atoms with E-state index in [0.29, 0.717) is 0 Å². The van der Waals surface area contributed by atoms with Crippen LogP contribution in [0.3, 0.4) is 0 Å². The summed E-state index contributed by atoms with van der Waals surface area (Å²) >= 11 is 3.40. The van der Waals surface area contributed by atoms with Crippen molar-refractivity contribution >= 4 is 28.0 Å². The Morgan fingerprint density at radius 3 is 1.88 bits per heavy atom. The van der Waals surface area contributed by atoms with Crippen LogP contribution in [0.4, 0.5) is 4.79 Å². The quantitative estimate of drug-likeness (QED) is 0.576. The van der Waals surface area contributed by atoms with Crippen LogP contribution in [0.1, 0.15) is 22.7 Å². The number of nitrogens with one attached hydrogen (secondary N) is 2. The summed E-state index contributed by atoms with van der Waals surface area (Å²) in [5.41, 5.74) is 3.08. The van der Waals surface area contributed by atoms with Crippen molar-refractivity contribution < 1.29 is 4.79 Å². The molecule has 0 spiro atoms. The van der Waals surface area contributed by atoms with Gasteiger partial charge < -0.3 is 10.6 Å². The van der Waals surface area contributed by atoms with Crippen LogP contribution in [-0.2, 0) is 0 Å². The fraction of sp³-hybridized carbons (Fsp3) is 0.0455. The Morgan fingerprint density at radius 1 is 0.808 bits per heavy atom. The molecule has 2 amide bonds. The van der Waals surface area contributed by atoms with Gasteiger partial charge in [-0.15, -0.1) is 0 Å². The maximum absolute atomic E-state index is 12.4. The number of amides is 2. The highest BCUT2D eigenvalue weighted by molar-refractivity contribution is 9.10. The van der Waals surface area contributed by atoms with E-state index in [4.69, 9.17) is 0 Å². The zero-order valence-electron chi connectivity index (χ0n) is 14.1. The van der Waals surface area contributed by atoms with E-state index in [-0.39, 0.29) is 12.1 Å². The maximum atomic E-state index is 12.4. The van der Waals surface area contributed by atoms with E-state index in [1.54, 1.807) is 6.20 Å². The molecule has 0 radical (unpaired) electrons. The summed E-state index contributed by atoms with van der Waals surface area (Å²) in [6.45, 7) is 0. The molecule has 3 rings (SSSR count). The molecule has 0 bridgehead atoms. The molecular weight excluding hydrogens is 388 g/mol. The summed E-state index contributed by atoms with van der Waals surface area (Å²) in [5, 5.41) is 5.81. The second kappa shape index (κ2) is 9.02. The van der Waals surface area contributed by atoms with Crippen molar-refractivity contribution in [2.75, 3.05) is 0 Å². The Bertz CT molecular complexity index is 822. The lowest BCUT2D eigenvalue weighted by molar-refractivity contribution is 0.242. The predicted molar refractivity (Wildman–Crippen MR) is 110 cm³/mol. The van der Waals surface area contributed by atoms with E-state index >= 15 is 0 Å². The van der Waals surface area contributed by atoms with Gasteiger partial charge in [0.25, 0.3) is 0 Å². The molecule has 3 aromatic carbocycles. The molecule has 130 valence electrons. The van der Waals surface area contributed by atoms with E-state index < -0.39 is 0 Å². The number of halogens is 1. The lowest BCUT2D eigenvalue weighted by Gasteiger charge is -2.19. The summed E-state index contributed by atoms with van der Waals surface area (Å²) < 4.78 is 1.02. The van der Waals surface area contributed by atoms with Gasteiger partial charge in [-0.1, -0.05) is 88.7 Å². The third kappa shape index (κ3) is 5.07.